The van der Waals surface area contributed by atoms with Crippen molar-refractivity contribution in [3.63, 3.8) is 0 Å². The lowest BCUT2D eigenvalue weighted by Crippen LogP contribution is -2.40. The van der Waals surface area contributed by atoms with Crippen LogP contribution in [0.15, 0.2) is 42.5 Å². The summed E-state index contributed by atoms with van der Waals surface area (Å²) in [5, 5.41) is 4.13. The van der Waals surface area contributed by atoms with Crippen LogP contribution in [0, 0.1) is 5.82 Å². The van der Waals surface area contributed by atoms with E-state index in [1.807, 2.05) is 6.92 Å². The molecule has 1 atom stereocenters. The average Bonchev–Trinajstić information content (AvgIpc) is 2.61. The number of hydrogen-bond acceptors (Lipinski definition) is 3. The summed E-state index contributed by atoms with van der Waals surface area (Å²) in [6.07, 6.45) is 0.00167. The van der Waals surface area contributed by atoms with E-state index < -0.39 is 11.7 Å². The number of carbonyl (C=O) groups excluding carboxylic acids is 2. The van der Waals surface area contributed by atoms with Crippen LogP contribution in [0.5, 0.6) is 0 Å². The van der Waals surface area contributed by atoms with Crippen LogP contribution in [0.25, 0.3) is 0 Å². The lowest BCUT2D eigenvalue weighted by Gasteiger charge is -2.24. The van der Waals surface area contributed by atoms with Crippen molar-refractivity contribution < 1.29 is 14.0 Å². The molecule has 0 bridgehead atoms. The number of anilines is 1. The van der Waals surface area contributed by atoms with E-state index in [9.17, 15) is 14.0 Å². The summed E-state index contributed by atoms with van der Waals surface area (Å²) in [5.41, 5.74) is 6.48. The van der Waals surface area contributed by atoms with Crippen LogP contribution < -0.4 is 16.0 Å². The van der Waals surface area contributed by atoms with Crippen molar-refractivity contribution in [1.82, 2.24) is 5.32 Å². The first-order valence-electron chi connectivity index (χ1n) is 8.30. The molecule has 0 aliphatic rings. The summed E-state index contributed by atoms with van der Waals surface area (Å²) >= 11 is 12.1. The standard InChI is InChI=1S/C19H20Cl2FN3O2/c1-12(16-7-2-13(20)10-17(16)21)24-11-19(27)25(9-8-18(23)26)15-5-3-14(22)4-6-15/h2-7,10,12,24H,8-9,11H2,1H3,(H2,23,26)/t12-/m0/s1. The number of nitrogens with zero attached hydrogens (tertiary/aromatic N) is 1. The van der Waals surface area contributed by atoms with Gasteiger partial charge in [0.05, 0.1) is 6.54 Å². The van der Waals surface area contributed by atoms with Crippen LogP contribution in [-0.4, -0.2) is 24.9 Å². The van der Waals surface area contributed by atoms with Gasteiger partial charge in [0, 0.05) is 34.7 Å². The Labute approximate surface area is 167 Å². The van der Waals surface area contributed by atoms with Crippen molar-refractivity contribution in [3.8, 4) is 0 Å². The number of hydrogen-bond donors (Lipinski definition) is 2. The van der Waals surface area contributed by atoms with E-state index in [1.165, 1.54) is 29.2 Å². The zero-order valence-electron chi connectivity index (χ0n) is 14.7. The van der Waals surface area contributed by atoms with E-state index in [0.717, 1.165) is 5.56 Å². The van der Waals surface area contributed by atoms with E-state index >= 15 is 0 Å². The molecule has 2 amide bonds. The molecule has 27 heavy (non-hydrogen) atoms. The van der Waals surface area contributed by atoms with Gasteiger partial charge in [0.15, 0.2) is 0 Å². The number of primary amides is 1. The van der Waals surface area contributed by atoms with Crippen molar-refractivity contribution in [2.75, 3.05) is 18.0 Å². The first kappa shape index (κ1) is 21.2. The molecule has 0 aliphatic carbocycles. The molecule has 144 valence electrons. The highest BCUT2D eigenvalue weighted by Crippen LogP contribution is 2.26. The Bertz CT molecular complexity index is 815. The third kappa shape index (κ3) is 6.20. The zero-order chi connectivity index (χ0) is 20.0. The van der Waals surface area contributed by atoms with Crippen molar-refractivity contribution in [2.45, 2.75) is 19.4 Å². The van der Waals surface area contributed by atoms with Gasteiger partial charge in [-0.15, -0.1) is 0 Å². The Morgan fingerprint density at radius 3 is 2.44 bits per heavy atom. The Morgan fingerprint density at radius 2 is 1.85 bits per heavy atom. The Hall–Kier alpha value is -2.15. The molecular weight excluding hydrogens is 392 g/mol. The van der Waals surface area contributed by atoms with Crippen LogP contribution in [0.1, 0.15) is 24.9 Å². The molecule has 0 aliphatic heterocycles. The third-order valence-electron chi connectivity index (χ3n) is 4.01. The Kier molecular flexibility index (Phi) is 7.59. The zero-order valence-corrected chi connectivity index (χ0v) is 16.2. The fourth-order valence-electron chi connectivity index (χ4n) is 2.54. The minimum atomic E-state index is -0.524. The molecular formula is C19H20Cl2FN3O2. The van der Waals surface area contributed by atoms with Crippen LogP contribution in [0.2, 0.25) is 10.0 Å². The highest BCUT2D eigenvalue weighted by Gasteiger charge is 2.18. The van der Waals surface area contributed by atoms with Gasteiger partial charge < -0.3 is 16.0 Å². The molecule has 8 heteroatoms. The molecule has 2 rings (SSSR count). The van der Waals surface area contributed by atoms with Gasteiger partial charge >= 0.3 is 0 Å². The van der Waals surface area contributed by atoms with Gasteiger partial charge in [0.25, 0.3) is 0 Å². The Balaban J connectivity index is 2.08. The van der Waals surface area contributed by atoms with Crippen LogP contribution in [0.3, 0.4) is 0 Å². The number of rotatable bonds is 8. The second-order valence-corrected chi connectivity index (χ2v) is 6.85. The average molecular weight is 412 g/mol. The highest BCUT2D eigenvalue weighted by molar-refractivity contribution is 6.35. The van der Waals surface area contributed by atoms with E-state index in [-0.39, 0.29) is 31.5 Å². The first-order chi connectivity index (χ1) is 12.8. The minimum absolute atomic E-state index is 0.00167. The minimum Gasteiger partial charge on any atom is -0.370 e. The predicted octanol–water partition coefficient (Wildman–Crippen LogP) is 3.69. The first-order valence-corrected chi connectivity index (χ1v) is 9.06. The lowest BCUT2D eigenvalue weighted by atomic mass is 10.1. The molecule has 2 aromatic rings. The van der Waals surface area contributed by atoms with Gasteiger partial charge in [-0.3, -0.25) is 9.59 Å². The molecule has 0 heterocycles. The number of benzene rings is 2. The normalized spacial score (nSPS) is 11.9. The van der Waals surface area contributed by atoms with Crippen LogP contribution >= 0.6 is 23.2 Å². The molecule has 0 saturated heterocycles. The van der Waals surface area contributed by atoms with Crippen LogP contribution in [-0.2, 0) is 9.59 Å². The molecule has 0 fully saturated rings. The van der Waals surface area contributed by atoms with Gasteiger partial charge in [0.2, 0.25) is 11.8 Å². The second kappa shape index (κ2) is 9.69. The summed E-state index contributed by atoms with van der Waals surface area (Å²) < 4.78 is 13.2. The maximum Gasteiger partial charge on any atom is 0.240 e. The topological polar surface area (TPSA) is 75.4 Å². The summed E-state index contributed by atoms with van der Waals surface area (Å²) in [5.74, 6) is -1.21. The van der Waals surface area contributed by atoms with Crippen LogP contribution in [0.4, 0.5) is 10.1 Å². The predicted molar refractivity (Wildman–Crippen MR) is 105 cm³/mol. The number of amides is 2. The molecule has 0 spiro atoms. The smallest absolute Gasteiger partial charge is 0.240 e. The molecule has 0 unspecified atom stereocenters. The molecule has 0 aromatic heterocycles. The largest absolute Gasteiger partial charge is 0.370 e. The molecule has 2 aromatic carbocycles. The number of halogens is 3. The van der Waals surface area contributed by atoms with Gasteiger partial charge in [-0.05, 0) is 48.9 Å². The number of nitrogens with two attached hydrogens (primary N) is 1. The fourth-order valence-corrected chi connectivity index (χ4v) is 3.11. The highest BCUT2D eigenvalue weighted by atomic mass is 35.5. The van der Waals surface area contributed by atoms with E-state index in [2.05, 4.69) is 5.32 Å². The number of carbonyl (C=O) groups is 2. The van der Waals surface area contributed by atoms with E-state index in [4.69, 9.17) is 28.9 Å². The summed E-state index contributed by atoms with van der Waals surface area (Å²) in [4.78, 5) is 25.2. The lowest BCUT2D eigenvalue weighted by molar-refractivity contribution is -0.118. The maximum atomic E-state index is 13.2. The van der Waals surface area contributed by atoms with Gasteiger partial charge in [-0.25, -0.2) is 4.39 Å². The van der Waals surface area contributed by atoms with Crippen molar-refractivity contribution in [1.29, 1.82) is 0 Å². The molecule has 3 N–H and O–H groups in total. The monoisotopic (exact) mass is 411 g/mol. The van der Waals surface area contributed by atoms with Crippen molar-refractivity contribution in [3.05, 3.63) is 63.9 Å². The van der Waals surface area contributed by atoms with Crippen molar-refractivity contribution in [2.24, 2.45) is 5.73 Å². The quantitative estimate of drug-likeness (QED) is 0.695. The van der Waals surface area contributed by atoms with E-state index in [0.29, 0.717) is 15.7 Å². The van der Waals surface area contributed by atoms with Gasteiger partial charge in [-0.2, -0.15) is 0 Å². The number of nitrogens with one attached hydrogen (secondary N) is 1. The summed E-state index contributed by atoms with van der Waals surface area (Å²) in [6, 6.07) is 10.4. The van der Waals surface area contributed by atoms with E-state index in [1.54, 1.807) is 18.2 Å². The van der Waals surface area contributed by atoms with Gasteiger partial charge in [-0.1, -0.05) is 29.3 Å². The van der Waals surface area contributed by atoms with Gasteiger partial charge in [0.1, 0.15) is 5.82 Å². The second-order valence-electron chi connectivity index (χ2n) is 6.01. The maximum absolute atomic E-state index is 13.2. The fraction of sp³-hybridized carbons (Fsp3) is 0.263. The third-order valence-corrected chi connectivity index (χ3v) is 4.57. The molecule has 5 nitrogen and oxygen atoms in total. The summed E-state index contributed by atoms with van der Waals surface area (Å²) in [7, 11) is 0. The molecule has 0 radical (unpaired) electrons. The SMILES string of the molecule is C[C@H](NCC(=O)N(CCC(N)=O)c1ccc(F)cc1)c1ccc(Cl)cc1Cl. The summed E-state index contributed by atoms with van der Waals surface area (Å²) in [6.45, 7) is 1.97. The Morgan fingerprint density at radius 1 is 1.19 bits per heavy atom. The van der Waals surface area contributed by atoms with Crippen molar-refractivity contribution >= 4 is 40.7 Å². The molecule has 0 saturated carbocycles.